The van der Waals surface area contributed by atoms with Crippen molar-refractivity contribution in [2.75, 3.05) is 10.6 Å². The summed E-state index contributed by atoms with van der Waals surface area (Å²) in [5.74, 6) is -4.44. The molecule has 4 rings (SSSR count). The predicted molar refractivity (Wildman–Crippen MR) is 114 cm³/mol. The fourth-order valence-corrected chi connectivity index (χ4v) is 3.07. The van der Waals surface area contributed by atoms with E-state index < -0.39 is 35.0 Å². The number of hydrogen-bond acceptors (Lipinski definition) is 4. The minimum atomic E-state index is -0.913. The van der Waals surface area contributed by atoms with Crippen molar-refractivity contribution >= 4 is 23.2 Å². The van der Waals surface area contributed by atoms with Crippen LogP contribution in [0.15, 0.2) is 73.1 Å². The summed E-state index contributed by atoms with van der Waals surface area (Å²) in [4.78, 5) is 24.7. The van der Waals surface area contributed by atoms with Crippen molar-refractivity contribution in [1.29, 1.82) is 0 Å². The number of carbonyl (C=O) groups excluding carboxylic acids is 2. The first-order valence-electron chi connectivity index (χ1n) is 9.51. The summed E-state index contributed by atoms with van der Waals surface area (Å²) < 4.78 is 42.3. The summed E-state index contributed by atoms with van der Waals surface area (Å²) in [7, 11) is 0. The van der Waals surface area contributed by atoms with Gasteiger partial charge in [0.25, 0.3) is 11.8 Å². The lowest BCUT2D eigenvalue weighted by Crippen LogP contribution is -2.14. The molecule has 0 bridgehead atoms. The van der Waals surface area contributed by atoms with Gasteiger partial charge in [-0.25, -0.2) is 17.9 Å². The molecule has 3 N–H and O–H groups in total. The molecule has 166 valence electrons. The molecule has 2 amide bonds. The average molecular weight is 452 g/mol. The van der Waals surface area contributed by atoms with E-state index in [9.17, 15) is 27.9 Å². The van der Waals surface area contributed by atoms with Crippen LogP contribution in [0.4, 0.5) is 24.5 Å². The second kappa shape index (κ2) is 8.87. The molecule has 0 aliphatic carbocycles. The topological polar surface area (TPSA) is 96.3 Å². The highest BCUT2D eigenvalue weighted by molar-refractivity contribution is 6.08. The number of nitrogens with zero attached hydrogens (tertiary/aromatic N) is 2. The van der Waals surface area contributed by atoms with Crippen LogP contribution >= 0.6 is 0 Å². The van der Waals surface area contributed by atoms with Crippen molar-refractivity contribution in [3.8, 4) is 11.4 Å². The zero-order chi connectivity index (χ0) is 23.5. The normalized spacial score (nSPS) is 10.6. The molecule has 0 fully saturated rings. The van der Waals surface area contributed by atoms with E-state index in [4.69, 9.17) is 0 Å². The Morgan fingerprint density at radius 3 is 2.15 bits per heavy atom. The lowest BCUT2D eigenvalue weighted by atomic mass is 10.1. The van der Waals surface area contributed by atoms with Gasteiger partial charge in [-0.15, -0.1) is 0 Å². The molecule has 0 spiro atoms. The minimum Gasteiger partial charge on any atom is -0.507 e. The Morgan fingerprint density at radius 2 is 1.52 bits per heavy atom. The lowest BCUT2D eigenvalue weighted by molar-refractivity contribution is 0.101. The Morgan fingerprint density at radius 1 is 0.848 bits per heavy atom. The number of hydrogen-bond donors (Lipinski definition) is 3. The second-order valence-corrected chi connectivity index (χ2v) is 6.92. The number of aromatic hydroxyl groups is 1. The molecule has 4 aromatic rings. The molecule has 0 saturated heterocycles. The van der Waals surface area contributed by atoms with Crippen molar-refractivity contribution in [3.63, 3.8) is 0 Å². The Balaban J connectivity index is 1.47. The highest BCUT2D eigenvalue weighted by Gasteiger charge is 2.15. The molecule has 10 heteroatoms. The van der Waals surface area contributed by atoms with Gasteiger partial charge in [0.05, 0.1) is 5.56 Å². The Kier molecular flexibility index (Phi) is 5.81. The van der Waals surface area contributed by atoms with E-state index in [-0.39, 0.29) is 28.2 Å². The van der Waals surface area contributed by atoms with Gasteiger partial charge in [0.2, 0.25) is 0 Å². The van der Waals surface area contributed by atoms with Crippen LogP contribution in [0, 0.1) is 17.5 Å². The first-order valence-corrected chi connectivity index (χ1v) is 9.51. The van der Waals surface area contributed by atoms with E-state index in [1.54, 1.807) is 12.3 Å². The Labute approximate surface area is 185 Å². The van der Waals surface area contributed by atoms with Crippen LogP contribution in [0.3, 0.4) is 0 Å². The monoisotopic (exact) mass is 452 g/mol. The number of nitrogens with one attached hydrogen (secondary N) is 2. The molecule has 1 heterocycles. The number of aromatic nitrogens is 2. The van der Waals surface area contributed by atoms with Crippen LogP contribution in [0.5, 0.6) is 5.75 Å². The van der Waals surface area contributed by atoms with E-state index in [1.165, 1.54) is 35.1 Å². The van der Waals surface area contributed by atoms with Crippen LogP contribution in [-0.2, 0) is 0 Å². The quantitative estimate of drug-likeness (QED) is 0.416. The van der Waals surface area contributed by atoms with Crippen molar-refractivity contribution in [3.05, 3.63) is 102 Å². The van der Waals surface area contributed by atoms with Crippen molar-refractivity contribution in [2.24, 2.45) is 0 Å². The van der Waals surface area contributed by atoms with Gasteiger partial charge in [-0.05, 0) is 48.5 Å². The van der Waals surface area contributed by atoms with Crippen molar-refractivity contribution in [2.45, 2.75) is 0 Å². The summed E-state index contributed by atoms with van der Waals surface area (Å²) in [5, 5.41) is 19.0. The molecule has 0 aliphatic heterocycles. The summed E-state index contributed by atoms with van der Waals surface area (Å²) in [5.41, 5.74) is 0.0431. The molecule has 1 aromatic heterocycles. The molecule has 0 aliphatic rings. The summed E-state index contributed by atoms with van der Waals surface area (Å²) in [6.45, 7) is 0. The van der Waals surface area contributed by atoms with Crippen LogP contribution in [-0.4, -0.2) is 26.7 Å². The van der Waals surface area contributed by atoms with Crippen molar-refractivity contribution < 1.29 is 27.9 Å². The standard InChI is InChI=1S/C23H15F3N4O3/c24-14-8-13(9-15(25)10-14)22(32)28-17-2-4-18(21(31)12-17)23(33)29-16-3-5-20(19(26)11-16)30-7-1-6-27-30/h1-12,31H,(H,28,32)(H,29,33). The second-order valence-electron chi connectivity index (χ2n) is 6.92. The Bertz CT molecular complexity index is 1340. The van der Waals surface area contributed by atoms with E-state index in [2.05, 4.69) is 15.7 Å². The highest BCUT2D eigenvalue weighted by atomic mass is 19.1. The average Bonchev–Trinajstić information content (AvgIpc) is 3.27. The maximum absolute atomic E-state index is 14.4. The van der Waals surface area contributed by atoms with E-state index in [0.717, 1.165) is 24.3 Å². The van der Waals surface area contributed by atoms with Crippen LogP contribution in [0.1, 0.15) is 20.7 Å². The van der Waals surface area contributed by atoms with E-state index >= 15 is 0 Å². The molecular weight excluding hydrogens is 437 g/mol. The number of benzene rings is 3. The minimum absolute atomic E-state index is 0.0911. The number of halogens is 3. The highest BCUT2D eigenvalue weighted by Crippen LogP contribution is 2.25. The Hall–Kier alpha value is -4.60. The zero-order valence-electron chi connectivity index (χ0n) is 16.7. The number of carbonyl (C=O) groups is 2. The van der Waals surface area contributed by atoms with Crippen LogP contribution in [0.25, 0.3) is 5.69 Å². The number of phenolic OH excluding ortho intramolecular Hbond substituents is 1. The summed E-state index contributed by atoms with van der Waals surface area (Å²) >= 11 is 0. The molecule has 0 radical (unpaired) electrons. The maximum Gasteiger partial charge on any atom is 0.259 e. The molecule has 0 unspecified atom stereocenters. The van der Waals surface area contributed by atoms with E-state index in [0.29, 0.717) is 6.07 Å². The van der Waals surface area contributed by atoms with E-state index in [1.807, 2.05) is 0 Å². The summed E-state index contributed by atoms with van der Waals surface area (Å²) in [6.07, 6.45) is 3.07. The lowest BCUT2D eigenvalue weighted by Gasteiger charge is -2.11. The summed E-state index contributed by atoms with van der Waals surface area (Å²) in [6, 6.07) is 11.7. The largest absolute Gasteiger partial charge is 0.507 e. The fraction of sp³-hybridized carbons (Fsp3) is 0. The molecule has 3 aromatic carbocycles. The van der Waals surface area contributed by atoms with Gasteiger partial charge >= 0.3 is 0 Å². The number of anilines is 2. The number of amides is 2. The third-order valence-electron chi connectivity index (χ3n) is 4.58. The number of phenols is 1. The first-order chi connectivity index (χ1) is 15.8. The maximum atomic E-state index is 14.4. The third-order valence-corrected chi connectivity index (χ3v) is 4.58. The van der Waals surface area contributed by atoms with Gasteiger partial charge in [-0.3, -0.25) is 9.59 Å². The molecule has 7 nitrogen and oxygen atoms in total. The molecule has 33 heavy (non-hydrogen) atoms. The van der Waals surface area contributed by atoms with Gasteiger partial charge in [-0.1, -0.05) is 0 Å². The van der Waals surface area contributed by atoms with Gasteiger partial charge in [0, 0.05) is 41.5 Å². The van der Waals surface area contributed by atoms with Gasteiger partial charge in [0.15, 0.2) is 5.82 Å². The van der Waals surface area contributed by atoms with Gasteiger partial charge in [0.1, 0.15) is 23.1 Å². The van der Waals surface area contributed by atoms with Gasteiger partial charge < -0.3 is 15.7 Å². The van der Waals surface area contributed by atoms with Gasteiger partial charge in [-0.2, -0.15) is 5.10 Å². The molecule has 0 atom stereocenters. The SMILES string of the molecule is O=C(Nc1ccc(C(=O)Nc2ccc(-n3cccn3)c(F)c2)c(O)c1)c1cc(F)cc(F)c1. The smallest absolute Gasteiger partial charge is 0.259 e. The molecular formula is C23H15F3N4O3. The number of rotatable bonds is 5. The zero-order valence-corrected chi connectivity index (χ0v) is 16.7. The third kappa shape index (κ3) is 4.85. The van der Waals surface area contributed by atoms with Crippen molar-refractivity contribution in [1.82, 2.24) is 9.78 Å². The van der Waals surface area contributed by atoms with Crippen LogP contribution in [0.2, 0.25) is 0 Å². The molecule has 0 saturated carbocycles. The first kappa shape index (κ1) is 21.6. The predicted octanol–water partition coefficient (Wildman–Crippen LogP) is 4.50. The van der Waals surface area contributed by atoms with Crippen LogP contribution < -0.4 is 10.6 Å². The fourth-order valence-electron chi connectivity index (χ4n) is 3.07.